The molecule has 1 fully saturated rings. The Hall–Kier alpha value is -2.94. The molecular weight excluding hydrogens is 407 g/mol. The van der Waals surface area contributed by atoms with Gasteiger partial charge in [0.2, 0.25) is 0 Å². The summed E-state index contributed by atoms with van der Waals surface area (Å²) in [5.41, 5.74) is 0.876. The van der Waals surface area contributed by atoms with Gasteiger partial charge in [0.05, 0.1) is 31.0 Å². The van der Waals surface area contributed by atoms with E-state index in [1.165, 1.54) is 12.3 Å². The lowest BCUT2D eigenvalue weighted by molar-refractivity contribution is -0.138. The predicted molar refractivity (Wildman–Crippen MR) is 108 cm³/mol. The minimum Gasteiger partial charge on any atom is -0.379 e. The van der Waals surface area contributed by atoms with Gasteiger partial charge >= 0.3 is 6.18 Å². The van der Waals surface area contributed by atoms with E-state index in [1.54, 1.807) is 0 Å². The molecule has 1 saturated heterocycles. The summed E-state index contributed by atoms with van der Waals surface area (Å²) in [6, 6.07) is 10.1. The quantitative estimate of drug-likeness (QED) is 0.647. The molecule has 4 heterocycles. The number of pyridine rings is 1. The Bertz CT molecular complexity index is 1090. The third-order valence-corrected chi connectivity index (χ3v) is 6.07. The number of rotatable bonds is 6. The molecule has 6 nitrogen and oxygen atoms in total. The monoisotopic (exact) mass is 429 g/mol. The van der Waals surface area contributed by atoms with Gasteiger partial charge in [-0.1, -0.05) is 12.1 Å². The van der Waals surface area contributed by atoms with E-state index >= 15 is 0 Å². The second-order valence-electron chi connectivity index (χ2n) is 8.17. The number of halogens is 3. The van der Waals surface area contributed by atoms with Crippen LogP contribution in [0.5, 0.6) is 0 Å². The van der Waals surface area contributed by atoms with E-state index in [0.717, 1.165) is 54.8 Å². The van der Waals surface area contributed by atoms with E-state index in [0.29, 0.717) is 13.2 Å². The molecule has 1 N–H and O–H groups in total. The summed E-state index contributed by atoms with van der Waals surface area (Å²) in [6.07, 6.45) is -0.279. The van der Waals surface area contributed by atoms with Crippen LogP contribution in [0.3, 0.4) is 0 Å². The fourth-order valence-electron chi connectivity index (χ4n) is 4.35. The van der Waals surface area contributed by atoms with Crippen LogP contribution in [0.2, 0.25) is 0 Å². The number of aromatic nitrogens is 4. The summed E-state index contributed by atoms with van der Waals surface area (Å²) in [5.74, 6) is 2.01. The molecule has 0 amide bonds. The van der Waals surface area contributed by atoms with Crippen molar-refractivity contribution in [2.45, 2.75) is 43.9 Å². The van der Waals surface area contributed by atoms with E-state index in [-0.39, 0.29) is 17.7 Å². The highest BCUT2D eigenvalue weighted by molar-refractivity contribution is 5.49. The summed E-state index contributed by atoms with van der Waals surface area (Å²) in [6.45, 7) is 2.09. The number of nitrogens with zero attached hydrogens (tertiary/aromatic N) is 4. The number of hydrogen-bond donors (Lipinski definition) is 1. The fourth-order valence-corrected chi connectivity index (χ4v) is 4.35. The zero-order valence-corrected chi connectivity index (χ0v) is 16.8. The summed E-state index contributed by atoms with van der Waals surface area (Å²) in [5, 5.41) is 11.8. The molecule has 2 aromatic heterocycles. The Kier molecular flexibility index (Phi) is 4.92. The van der Waals surface area contributed by atoms with Crippen molar-refractivity contribution in [2.75, 3.05) is 18.5 Å². The molecule has 2 aliphatic rings. The maximum Gasteiger partial charge on any atom is 0.418 e. The van der Waals surface area contributed by atoms with E-state index in [4.69, 9.17) is 4.74 Å². The van der Waals surface area contributed by atoms with Gasteiger partial charge in [-0.15, -0.1) is 10.2 Å². The van der Waals surface area contributed by atoms with Gasteiger partial charge in [-0.25, -0.2) is 0 Å². The van der Waals surface area contributed by atoms with Crippen molar-refractivity contribution in [1.29, 1.82) is 0 Å². The molecule has 31 heavy (non-hydrogen) atoms. The normalized spacial score (nSPS) is 17.3. The number of fused-ring (bicyclic) bond motifs is 1. The largest absolute Gasteiger partial charge is 0.418 e. The average molecular weight is 429 g/mol. The van der Waals surface area contributed by atoms with Gasteiger partial charge in [0.15, 0.2) is 0 Å². The minimum absolute atomic E-state index is 0.0136. The number of alkyl halides is 3. The third kappa shape index (κ3) is 3.78. The van der Waals surface area contributed by atoms with Gasteiger partial charge in [-0.3, -0.25) is 4.98 Å². The molecule has 0 saturated carbocycles. The molecule has 0 aliphatic carbocycles. The Morgan fingerprint density at radius 3 is 2.77 bits per heavy atom. The lowest BCUT2D eigenvalue weighted by Gasteiger charge is -2.42. The van der Waals surface area contributed by atoms with Crippen molar-refractivity contribution in [1.82, 2.24) is 19.7 Å². The lowest BCUT2D eigenvalue weighted by Crippen LogP contribution is -2.49. The molecule has 0 radical (unpaired) electrons. The molecule has 1 aromatic carbocycles. The predicted octanol–water partition coefficient (Wildman–Crippen LogP) is 3.76. The van der Waals surface area contributed by atoms with Crippen LogP contribution in [-0.4, -0.2) is 33.0 Å². The van der Waals surface area contributed by atoms with E-state index < -0.39 is 11.7 Å². The maximum absolute atomic E-state index is 13.2. The van der Waals surface area contributed by atoms with Crippen LogP contribution in [0, 0.1) is 0 Å². The topological polar surface area (TPSA) is 64.9 Å². The van der Waals surface area contributed by atoms with E-state index in [9.17, 15) is 13.2 Å². The number of benzene rings is 1. The van der Waals surface area contributed by atoms with E-state index in [2.05, 4.69) is 25.1 Å². The molecular formula is C22H22F3N5O. The molecule has 3 aromatic rings. The fraction of sp³-hybridized carbons (Fsp3) is 0.409. The van der Waals surface area contributed by atoms with Crippen LogP contribution in [0.25, 0.3) is 0 Å². The van der Waals surface area contributed by atoms with Crippen LogP contribution in [0.4, 0.5) is 18.9 Å². The standard InChI is InChI=1S/C22H22F3N5O/c23-22(24,25)17-6-2-8-26-18(17)12-27-16-5-1-4-15(10-16)21(13-31-14-21)11-20-29-28-19-7-3-9-30(19)20/h1-2,4-6,8,10,27H,3,7,9,11-14H2. The first-order chi connectivity index (χ1) is 14.9. The van der Waals surface area contributed by atoms with Crippen LogP contribution in [0.15, 0.2) is 42.6 Å². The van der Waals surface area contributed by atoms with Gasteiger partial charge in [0.25, 0.3) is 0 Å². The van der Waals surface area contributed by atoms with Gasteiger partial charge in [-0.05, 0) is 36.2 Å². The number of anilines is 1. The van der Waals surface area contributed by atoms with Crippen molar-refractivity contribution >= 4 is 5.69 Å². The van der Waals surface area contributed by atoms with Gasteiger partial charge in [0, 0.05) is 36.7 Å². The number of nitrogens with one attached hydrogen (secondary N) is 1. The first-order valence-corrected chi connectivity index (χ1v) is 10.3. The molecule has 0 atom stereocenters. The Labute approximate surface area is 177 Å². The molecule has 0 unspecified atom stereocenters. The van der Waals surface area contributed by atoms with Crippen LogP contribution in [0.1, 0.15) is 34.9 Å². The van der Waals surface area contributed by atoms with Crippen molar-refractivity contribution in [3.8, 4) is 0 Å². The van der Waals surface area contributed by atoms with Crippen LogP contribution >= 0.6 is 0 Å². The third-order valence-electron chi connectivity index (χ3n) is 6.07. The number of hydrogen-bond acceptors (Lipinski definition) is 5. The van der Waals surface area contributed by atoms with Crippen molar-refractivity contribution in [3.63, 3.8) is 0 Å². The van der Waals surface area contributed by atoms with Crippen molar-refractivity contribution in [2.24, 2.45) is 0 Å². The van der Waals surface area contributed by atoms with Crippen LogP contribution in [-0.2, 0) is 42.3 Å². The molecule has 9 heteroatoms. The lowest BCUT2D eigenvalue weighted by atomic mass is 9.75. The Balaban J connectivity index is 1.35. The Morgan fingerprint density at radius 1 is 1.13 bits per heavy atom. The SMILES string of the molecule is FC(F)(F)c1cccnc1CNc1cccc(C2(Cc3nnc4n3CCC4)COC2)c1. The summed E-state index contributed by atoms with van der Waals surface area (Å²) < 4.78 is 47.5. The molecule has 2 aliphatic heterocycles. The van der Waals surface area contributed by atoms with Crippen molar-refractivity contribution < 1.29 is 17.9 Å². The van der Waals surface area contributed by atoms with Crippen LogP contribution < -0.4 is 5.32 Å². The highest BCUT2D eigenvalue weighted by Crippen LogP contribution is 2.37. The minimum atomic E-state index is -4.43. The van der Waals surface area contributed by atoms with Gasteiger partial charge in [-0.2, -0.15) is 13.2 Å². The van der Waals surface area contributed by atoms with Gasteiger partial charge in [0.1, 0.15) is 11.6 Å². The highest BCUT2D eigenvalue weighted by atomic mass is 19.4. The van der Waals surface area contributed by atoms with E-state index in [1.807, 2.05) is 24.3 Å². The number of ether oxygens (including phenoxy) is 1. The number of aryl methyl sites for hydroxylation is 1. The summed E-state index contributed by atoms with van der Waals surface area (Å²) in [7, 11) is 0. The second-order valence-corrected chi connectivity index (χ2v) is 8.17. The molecule has 5 rings (SSSR count). The maximum atomic E-state index is 13.2. The smallest absolute Gasteiger partial charge is 0.379 e. The highest BCUT2D eigenvalue weighted by Gasteiger charge is 2.42. The zero-order valence-electron chi connectivity index (χ0n) is 16.8. The Morgan fingerprint density at radius 2 is 2.00 bits per heavy atom. The molecule has 162 valence electrons. The zero-order chi connectivity index (χ0) is 21.5. The molecule has 0 bridgehead atoms. The second kappa shape index (κ2) is 7.64. The first kappa shape index (κ1) is 20.0. The summed E-state index contributed by atoms with van der Waals surface area (Å²) >= 11 is 0. The van der Waals surface area contributed by atoms with Crippen molar-refractivity contribution in [3.05, 3.63) is 71.1 Å². The first-order valence-electron chi connectivity index (χ1n) is 10.3. The summed E-state index contributed by atoms with van der Waals surface area (Å²) in [4.78, 5) is 3.92. The molecule has 0 spiro atoms. The van der Waals surface area contributed by atoms with Gasteiger partial charge < -0.3 is 14.6 Å². The average Bonchev–Trinajstić information content (AvgIpc) is 3.33.